The minimum absolute atomic E-state index is 0.0310. The molecular weight excluding hydrogens is 310 g/mol. The molecule has 1 amide bonds. The topological polar surface area (TPSA) is 98.1 Å². The van der Waals surface area contributed by atoms with Gasteiger partial charge >= 0.3 is 0 Å². The van der Waals surface area contributed by atoms with E-state index in [9.17, 15) is 24.9 Å². The van der Waals surface area contributed by atoms with E-state index in [1.165, 1.54) is 23.1 Å². The number of Topliss-reactive ketones (excluding diaryl/α,β-unsaturated/α-hetero) is 1. The van der Waals surface area contributed by atoms with Gasteiger partial charge in [-0.15, -0.1) is 6.58 Å². The van der Waals surface area contributed by atoms with Gasteiger partial charge in [0.25, 0.3) is 5.91 Å². The van der Waals surface area contributed by atoms with Gasteiger partial charge in [-0.05, 0) is 18.1 Å². The number of benzene rings is 1. The van der Waals surface area contributed by atoms with E-state index >= 15 is 0 Å². The molecule has 3 N–H and O–H groups in total. The Labute approximate surface area is 140 Å². The number of carbonyl (C=O) groups is 2. The number of phenols is 2. The zero-order valence-electron chi connectivity index (χ0n) is 13.7. The van der Waals surface area contributed by atoms with Crippen LogP contribution in [0.3, 0.4) is 0 Å². The lowest BCUT2D eigenvalue weighted by Gasteiger charge is -2.26. The summed E-state index contributed by atoms with van der Waals surface area (Å²) in [5.41, 5.74) is 0.232. The quantitative estimate of drug-likeness (QED) is 0.696. The molecule has 1 aliphatic heterocycles. The molecule has 0 bridgehead atoms. The lowest BCUT2D eigenvalue weighted by Crippen LogP contribution is -2.31. The fourth-order valence-electron chi connectivity index (χ4n) is 2.83. The highest BCUT2D eigenvalue weighted by Gasteiger charge is 2.43. The summed E-state index contributed by atoms with van der Waals surface area (Å²) in [5.74, 6) is -1.97. The number of hydrogen-bond acceptors (Lipinski definition) is 5. The average Bonchev–Trinajstić information content (AvgIpc) is 2.72. The number of aliphatic hydroxyl groups excluding tert-OH is 1. The van der Waals surface area contributed by atoms with Gasteiger partial charge in [-0.1, -0.05) is 19.9 Å². The van der Waals surface area contributed by atoms with E-state index in [2.05, 4.69) is 6.58 Å². The van der Waals surface area contributed by atoms with E-state index in [-0.39, 0.29) is 47.3 Å². The zero-order chi connectivity index (χ0) is 18.0. The number of hydrogen-bond donors (Lipinski definition) is 3. The predicted octanol–water partition coefficient (Wildman–Crippen LogP) is 2.59. The van der Waals surface area contributed by atoms with Gasteiger partial charge in [0.05, 0.1) is 11.6 Å². The monoisotopic (exact) mass is 331 g/mol. The van der Waals surface area contributed by atoms with Gasteiger partial charge in [0.1, 0.15) is 11.5 Å². The summed E-state index contributed by atoms with van der Waals surface area (Å²) in [6.45, 7) is 7.41. The van der Waals surface area contributed by atoms with Crippen molar-refractivity contribution in [1.82, 2.24) is 4.90 Å². The van der Waals surface area contributed by atoms with Crippen LogP contribution in [0.15, 0.2) is 42.2 Å². The lowest BCUT2D eigenvalue weighted by atomic mass is 9.91. The molecule has 1 aromatic rings. The number of phenolic OH excluding ortho intramolecular Hbond substituents is 2. The number of carbonyl (C=O) groups excluding carboxylic acids is 2. The maximum Gasteiger partial charge on any atom is 0.290 e. The highest BCUT2D eigenvalue weighted by molar-refractivity contribution is 6.09. The van der Waals surface area contributed by atoms with Crippen LogP contribution in [-0.4, -0.2) is 38.5 Å². The second-order valence-corrected chi connectivity index (χ2v) is 6.18. The molecule has 0 saturated carbocycles. The maximum absolute atomic E-state index is 12.6. The third-order valence-corrected chi connectivity index (χ3v) is 3.83. The molecule has 128 valence electrons. The number of nitrogens with zero attached hydrogens (tertiary/aromatic N) is 1. The highest BCUT2D eigenvalue weighted by atomic mass is 16.3. The van der Waals surface area contributed by atoms with Crippen molar-refractivity contribution in [1.29, 1.82) is 0 Å². The Morgan fingerprint density at radius 3 is 2.54 bits per heavy atom. The average molecular weight is 331 g/mol. The van der Waals surface area contributed by atoms with Crippen LogP contribution in [0.25, 0.3) is 0 Å². The summed E-state index contributed by atoms with van der Waals surface area (Å²) in [7, 11) is 0. The Hall–Kier alpha value is -2.76. The summed E-state index contributed by atoms with van der Waals surface area (Å²) in [6.07, 6.45) is 1.65. The first-order valence-corrected chi connectivity index (χ1v) is 7.68. The molecular formula is C18H21NO5. The van der Waals surface area contributed by atoms with Crippen molar-refractivity contribution in [2.24, 2.45) is 5.92 Å². The van der Waals surface area contributed by atoms with Crippen LogP contribution in [0, 0.1) is 5.92 Å². The molecule has 24 heavy (non-hydrogen) atoms. The van der Waals surface area contributed by atoms with Crippen molar-refractivity contribution in [2.75, 3.05) is 6.54 Å². The number of rotatable bonds is 6. The van der Waals surface area contributed by atoms with Gasteiger partial charge in [0.2, 0.25) is 0 Å². The fraction of sp³-hybridized carbons (Fsp3) is 0.333. The first kappa shape index (κ1) is 17.6. The largest absolute Gasteiger partial charge is 0.508 e. The summed E-state index contributed by atoms with van der Waals surface area (Å²) in [6, 6.07) is 3.00. The number of amides is 1. The maximum atomic E-state index is 12.6. The standard InChI is InChI=1S/C18H21NO5/c1-4-7-19-16(12-6-5-11(20)9-13(12)21)15(17(23)18(19)24)14(22)8-10(2)3/h4-6,9-10,16,20-21,23H,1,7-8H2,2-3H3. The second kappa shape index (κ2) is 6.78. The van der Waals surface area contributed by atoms with Crippen molar-refractivity contribution in [3.8, 4) is 11.5 Å². The second-order valence-electron chi connectivity index (χ2n) is 6.18. The van der Waals surface area contributed by atoms with Crippen molar-refractivity contribution in [3.63, 3.8) is 0 Å². The third-order valence-electron chi connectivity index (χ3n) is 3.83. The Bertz CT molecular complexity index is 720. The van der Waals surface area contributed by atoms with E-state index in [1.54, 1.807) is 0 Å². The summed E-state index contributed by atoms with van der Waals surface area (Å²) >= 11 is 0. The molecule has 6 heteroatoms. The Morgan fingerprint density at radius 1 is 1.33 bits per heavy atom. The molecule has 1 unspecified atom stereocenters. The number of ketones is 1. The minimum atomic E-state index is -0.914. The molecule has 0 spiro atoms. The van der Waals surface area contributed by atoms with Crippen LogP contribution in [0.5, 0.6) is 11.5 Å². The van der Waals surface area contributed by atoms with E-state index in [1.807, 2.05) is 13.8 Å². The molecule has 0 aromatic heterocycles. The molecule has 0 saturated heterocycles. The molecule has 1 aromatic carbocycles. The van der Waals surface area contributed by atoms with Crippen LogP contribution in [0.1, 0.15) is 31.9 Å². The van der Waals surface area contributed by atoms with Crippen LogP contribution in [-0.2, 0) is 9.59 Å². The lowest BCUT2D eigenvalue weighted by molar-refractivity contribution is -0.128. The van der Waals surface area contributed by atoms with E-state index in [0.29, 0.717) is 0 Å². The smallest absolute Gasteiger partial charge is 0.290 e. The highest BCUT2D eigenvalue weighted by Crippen LogP contribution is 2.42. The summed E-state index contributed by atoms with van der Waals surface area (Å²) in [4.78, 5) is 26.2. The van der Waals surface area contributed by atoms with Crippen molar-refractivity contribution < 1.29 is 24.9 Å². The Balaban J connectivity index is 2.57. The summed E-state index contributed by atoms with van der Waals surface area (Å²) in [5, 5.41) is 29.8. The Morgan fingerprint density at radius 2 is 2.00 bits per heavy atom. The predicted molar refractivity (Wildman–Crippen MR) is 88.5 cm³/mol. The van der Waals surface area contributed by atoms with Crippen LogP contribution >= 0.6 is 0 Å². The van der Waals surface area contributed by atoms with E-state index < -0.39 is 17.7 Å². The van der Waals surface area contributed by atoms with Gasteiger partial charge in [0, 0.05) is 24.6 Å². The van der Waals surface area contributed by atoms with Crippen molar-refractivity contribution in [2.45, 2.75) is 26.3 Å². The molecule has 2 rings (SSSR count). The van der Waals surface area contributed by atoms with E-state index in [4.69, 9.17) is 0 Å². The molecule has 1 aliphatic rings. The van der Waals surface area contributed by atoms with Crippen LogP contribution < -0.4 is 0 Å². The van der Waals surface area contributed by atoms with Gasteiger partial charge < -0.3 is 20.2 Å². The number of aromatic hydroxyl groups is 2. The molecule has 6 nitrogen and oxygen atoms in total. The van der Waals surface area contributed by atoms with Crippen molar-refractivity contribution >= 4 is 11.7 Å². The van der Waals surface area contributed by atoms with E-state index in [0.717, 1.165) is 6.07 Å². The van der Waals surface area contributed by atoms with Gasteiger partial charge in [0.15, 0.2) is 11.5 Å². The summed E-state index contributed by atoms with van der Waals surface area (Å²) < 4.78 is 0. The fourth-order valence-corrected chi connectivity index (χ4v) is 2.83. The van der Waals surface area contributed by atoms with Gasteiger partial charge in [-0.2, -0.15) is 0 Å². The molecule has 0 radical (unpaired) electrons. The molecule has 1 heterocycles. The van der Waals surface area contributed by atoms with Gasteiger partial charge in [-0.25, -0.2) is 0 Å². The first-order valence-electron chi connectivity index (χ1n) is 7.68. The van der Waals surface area contributed by atoms with Crippen LogP contribution in [0.2, 0.25) is 0 Å². The van der Waals surface area contributed by atoms with Gasteiger partial charge in [-0.3, -0.25) is 9.59 Å². The first-order chi connectivity index (χ1) is 11.3. The van der Waals surface area contributed by atoms with Crippen molar-refractivity contribution in [3.05, 3.63) is 47.7 Å². The third kappa shape index (κ3) is 3.13. The zero-order valence-corrected chi connectivity index (χ0v) is 13.7. The molecule has 0 fully saturated rings. The normalized spacial score (nSPS) is 17.7. The number of aliphatic hydroxyl groups is 1. The SMILES string of the molecule is C=CCN1C(=O)C(O)=C(C(=O)CC(C)C)C1c1ccc(O)cc1O. The Kier molecular flexibility index (Phi) is 4.97. The molecule has 0 aliphatic carbocycles. The van der Waals surface area contributed by atoms with Crippen LogP contribution in [0.4, 0.5) is 0 Å². The molecule has 1 atom stereocenters. The minimum Gasteiger partial charge on any atom is -0.508 e.